The van der Waals surface area contributed by atoms with Crippen LogP contribution in [-0.4, -0.2) is 88.0 Å². The third-order valence-electron chi connectivity index (χ3n) is 2.65. The van der Waals surface area contributed by atoms with E-state index in [1.807, 2.05) is 0 Å². The molecule has 0 heterocycles. The molecule has 0 spiro atoms. The van der Waals surface area contributed by atoms with Crippen LogP contribution in [-0.2, 0) is 8.84 Å². The first-order chi connectivity index (χ1) is 8.77. The fourth-order valence-electron chi connectivity index (χ4n) is 1.42. The van der Waals surface area contributed by atoms with Gasteiger partial charge in [-0.3, -0.25) is 0 Å². The van der Waals surface area contributed by atoms with Crippen molar-refractivity contribution in [1.29, 1.82) is 0 Å². The maximum atomic E-state index is 9.75. The molecule has 7 atom stereocenters. The molecule has 10 heteroatoms. The number of aliphatic hydroxyl groups excluding tert-OH is 6. The van der Waals surface area contributed by atoms with Crippen LogP contribution < -0.4 is 0 Å². The van der Waals surface area contributed by atoms with E-state index in [0.717, 1.165) is 0 Å². The van der Waals surface area contributed by atoms with Crippen molar-refractivity contribution < 1.29 is 39.5 Å². The Balaban J connectivity index is 4.74. The van der Waals surface area contributed by atoms with E-state index in [0.29, 0.717) is 0 Å². The standard InChI is InChI=1S/C9H19BO8S/c1-3(11)5(13)7(15)8(16)9(18-19)6(14)4(12)2-17-10/h3-9,11-16,19H,2H2,1H3/t3-,4+,5-,6+,7-,8-,9+/m0/s1. The van der Waals surface area contributed by atoms with E-state index in [1.165, 1.54) is 6.92 Å². The van der Waals surface area contributed by atoms with Crippen molar-refractivity contribution in [2.75, 3.05) is 6.61 Å². The Labute approximate surface area is 117 Å². The summed E-state index contributed by atoms with van der Waals surface area (Å²) >= 11 is 3.41. The molecule has 0 rings (SSSR count). The van der Waals surface area contributed by atoms with Crippen molar-refractivity contribution in [2.45, 2.75) is 49.7 Å². The molecule has 0 aliphatic rings. The number of rotatable bonds is 9. The van der Waals surface area contributed by atoms with Crippen LogP contribution in [0.3, 0.4) is 0 Å². The Morgan fingerprint density at radius 2 is 1.47 bits per heavy atom. The SMILES string of the molecule is [B]OC[C@@H](O)[C@@H](O)[C@@H](OS)[C@@H](O)[C@@H](O)[C@@H](O)[C@H](C)O. The Kier molecular flexibility index (Phi) is 9.15. The van der Waals surface area contributed by atoms with Gasteiger partial charge in [0.15, 0.2) is 0 Å². The number of aliphatic hydroxyl groups is 6. The summed E-state index contributed by atoms with van der Waals surface area (Å²) in [6, 6.07) is 0. The van der Waals surface area contributed by atoms with Crippen LogP contribution in [0.2, 0.25) is 0 Å². The molecule has 0 saturated carbocycles. The van der Waals surface area contributed by atoms with Gasteiger partial charge in [-0.15, -0.1) is 0 Å². The second-order valence-electron chi connectivity index (χ2n) is 4.17. The van der Waals surface area contributed by atoms with Gasteiger partial charge in [0.05, 0.1) is 12.7 Å². The van der Waals surface area contributed by atoms with Gasteiger partial charge >= 0.3 is 0 Å². The molecule has 0 bridgehead atoms. The lowest BCUT2D eigenvalue weighted by Gasteiger charge is -2.33. The van der Waals surface area contributed by atoms with Gasteiger partial charge in [0.1, 0.15) is 36.6 Å². The van der Waals surface area contributed by atoms with E-state index in [2.05, 4.69) is 21.7 Å². The van der Waals surface area contributed by atoms with Gasteiger partial charge in [0, 0.05) is 0 Å². The summed E-state index contributed by atoms with van der Waals surface area (Å²) in [6.45, 7) is 0.751. The van der Waals surface area contributed by atoms with Gasteiger partial charge < -0.3 is 39.5 Å². The fraction of sp³-hybridized carbons (Fsp3) is 1.00. The third-order valence-corrected chi connectivity index (χ3v) is 2.89. The summed E-state index contributed by atoms with van der Waals surface area (Å²) in [5.74, 6) is 0. The number of thiol groups is 1. The molecule has 0 unspecified atom stereocenters. The summed E-state index contributed by atoms with van der Waals surface area (Å²) in [4.78, 5) is 0. The van der Waals surface area contributed by atoms with Crippen LogP contribution in [0, 0.1) is 0 Å². The van der Waals surface area contributed by atoms with Crippen molar-refractivity contribution in [3.05, 3.63) is 0 Å². The van der Waals surface area contributed by atoms with Gasteiger partial charge in [-0.25, -0.2) is 0 Å². The third kappa shape index (κ3) is 5.54. The van der Waals surface area contributed by atoms with Crippen LogP contribution in [0.1, 0.15) is 6.92 Å². The molecule has 0 aromatic heterocycles. The maximum absolute atomic E-state index is 9.75. The van der Waals surface area contributed by atoms with Crippen molar-refractivity contribution in [3.63, 3.8) is 0 Å². The van der Waals surface area contributed by atoms with Crippen LogP contribution >= 0.6 is 12.9 Å². The summed E-state index contributed by atoms with van der Waals surface area (Å²) in [5.41, 5.74) is 0. The molecular weight excluding hydrogens is 279 g/mol. The molecule has 0 aromatic rings. The van der Waals surface area contributed by atoms with Crippen LogP contribution in [0.15, 0.2) is 0 Å². The van der Waals surface area contributed by atoms with Crippen molar-refractivity contribution >= 4 is 21.0 Å². The summed E-state index contributed by atoms with van der Waals surface area (Å²) in [5, 5.41) is 56.9. The van der Waals surface area contributed by atoms with E-state index in [9.17, 15) is 25.5 Å². The molecule has 0 fully saturated rings. The van der Waals surface area contributed by atoms with Crippen molar-refractivity contribution in [1.82, 2.24) is 0 Å². The zero-order valence-corrected chi connectivity index (χ0v) is 11.2. The fourth-order valence-corrected chi connectivity index (χ4v) is 1.67. The molecule has 112 valence electrons. The van der Waals surface area contributed by atoms with Gasteiger partial charge in [-0.2, -0.15) is 0 Å². The first-order valence-electron chi connectivity index (χ1n) is 5.48. The highest BCUT2D eigenvalue weighted by molar-refractivity contribution is 7.75. The van der Waals surface area contributed by atoms with E-state index >= 15 is 0 Å². The minimum absolute atomic E-state index is 0.448. The summed E-state index contributed by atoms with van der Waals surface area (Å²) < 4.78 is 8.60. The normalized spacial score (nSPS) is 23.2. The lowest BCUT2D eigenvalue weighted by Crippen LogP contribution is -2.54. The van der Waals surface area contributed by atoms with E-state index in [4.69, 9.17) is 13.2 Å². The van der Waals surface area contributed by atoms with E-state index < -0.39 is 49.3 Å². The summed E-state index contributed by atoms with van der Waals surface area (Å²) in [6.07, 6.45) is -11.4. The Hall–Kier alpha value is 0.0949. The largest absolute Gasteiger partial charge is 0.445 e. The Morgan fingerprint density at radius 3 is 1.84 bits per heavy atom. The average Bonchev–Trinajstić information content (AvgIpc) is 2.37. The molecule has 19 heavy (non-hydrogen) atoms. The Bertz CT molecular complexity index is 246. The highest BCUT2D eigenvalue weighted by Gasteiger charge is 2.39. The zero-order chi connectivity index (χ0) is 15.2. The second kappa shape index (κ2) is 9.11. The molecular formula is C9H19BO8S. The first-order valence-corrected chi connectivity index (χ1v) is 5.84. The van der Waals surface area contributed by atoms with Gasteiger partial charge in [0.25, 0.3) is 8.05 Å². The number of hydrogen-bond acceptors (Lipinski definition) is 9. The minimum Gasteiger partial charge on any atom is -0.445 e. The molecule has 2 radical (unpaired) electrons. The highest BCUT2D eigenvalue weighted by Crippen LogP contribution is 2.17. The lowest BCUT2D eigenvalue weighted by molar-refractivity contribution is -0.156. The van der Waals surface area contributed by atoms with Crippen LogP contribution in [0.4, 0.5) is 0 Å². The van der Waals surface area contributed by atoms with Crippen LogP contribution in [0.5, 0.6) is 0 Å². The Morgan fingerprint density at radius 1 is 0.947 bits per heavy atom. The lowest BCUT2D eigenvalue weighted by atomic mass is 9.95. The van der Waals surface area contributed by atoms with Crippen LogP contribution in [0.25, 0.3) is 0 Å². The second-order valence-corrected chi connectivity index (χ2v) is 4.38. The molecule has 0 aliphatic carbocycles. The molecule has 8 nitrogen and oxygen atoms in total. The van der Waals surface area contributed by atoms with Gasteiger partial charge in [-0.1, -0.05) is 0 Å². The highest BCUT2D eigenvalue weighted by atomic mass is 32.1. The molecule has 0 amide bonds. The van der Waals surface area contributed by atoms with Gasteiger partial charge in [0.2, 0.25) is 0 Å². The average molecular weight is 298 g/mol. The molecule has 6 N–H and O–H groups in total. The quantitative estimate of drug-likeness (QED) is 0.132. The molecule has 0 saturated heterocycles. The first kappa shape index (κ1) is 19.1. The smallest absolute Gasteiger partial charge is 0.282 e. The zero-order valence-electron chi connectivity index (χ0n) is 10.3. The topological polar surface area (TPSA) is 140 Å². The van der Waals surface area contributed by atoms with Crippen molar-refractivity contribution in [2.24, 2.45) is 0 Å². The van der Waals surface area contributed by atoms with E-state index in [-0.39, 0.29) is 0 Å². The summed E-state index contributed by atoms with van der Waals surface area (Å²) in [7, 11) is 4.72. The van der Waals surface area contributed by atoms with Gasteiger partial charge in [-0.05, 0) is 19.8 Å². The number of hydrogen-bond donors (Lipinski definition) is 7. The maximum Gasteiger partial charge on any atom is 0.282 e. The monoisotopic (exact) mass is 298 g/mol. The molecule has 0 aliphatic heterocycles. The van der Waals surface area contributed by atoms with Crippen molar-refractivity contribution in [3.8, 4) is 0 Å². The molecule has 0 aromatic carbocycles. The minimum atomic E-state index is -1.82. The predicted octanol–water partition coefficient (Wildman–Crippen LogP) is -3.50. The predicted molar refractivity (Wildman–Crippen MR) is 67.3 cm³/mol. The van der Waals surface area contributed by atoms with E-state index in [1.54, 1.807) is 0 Å².